The second-order valence-electron chi connectivity index (χ2n) is 5.02. The zero-order valence-corrected chi connectivity index (χ0v) is 12.9. The van der Waals surface area contributed by atoms with Gasteiger partial charge in [0.05, 0.1) is 0 Å². The molecule has 3 aromatic rings. The highest BCUT2D eigenvalue weighted by Gasteiger charge is 2.13. The number of nitrogens with one attached hydrogen (secondary N) is 1. The minimum Gasteiger partial charge on any atom is -0.454 e. The molecule has 1 N–H and O–H groups in total. The van der Waals surface area contributed by atoms with Crippen molar-refractivity contribution >= 4 is 22.2 Å². The summed E-state index contributed by atoms with van der Waals surface area (Å²) in [5.74, 6) is 1.44. The molecule has 0 spiro atoms. The Morgan fingerprint density at radius 3 is 3.17 bits per heavy atom. The standard InChI is InChI=1S/C14H13N5O3S/c20-12(3-4-13-18-19-7-16-17-14(19)23-13)15-6-9-1-2-10-11(5-9)22-8-21-10/h1-2,5,7H,3-4,6,8H2,(H,15,20). The lowest BCUT2D eigenvalue weighted by Gasteiger charge is -2.05. The van der Waals surface area contributed by atoms with Gasteiger partial charge < -0.3 is 14.8 Å². The Labute approximate surface area is 135 Å². The zero-order chi connectivity index (χ0) is 15.6. The minimum absolute atomic E-state index is 0.0198. The molecular weight excluding hydrogens is 318 g/mol. The summed E-state index contributed by atoms with van der Waals surface area (Å²) < 4.78 is 12.2. The van der Waals surface area contributed by atoms with Gasteiger partial charge in [-0.2, -0.15) is 9.61 Å². The molecule has 9 heteroatoms. The summed E-state index contributed by atoms with van der Waals surface area (Å²) >= 11 is 1.44. The first-order valence-corrected chi connectivity index (χ1v) is 7.90. The maximum absolute atomic E-state index is 12.0. The van der Waals surface area contributed by atoms with Crippen LogP contribution in [0.5, 0.6) is 11.5 Å². The number of amides is 1. The van der Waals surface area contributed by atoms with Crippen molar-refractivity contribution in [2.45, 2.75) is 19.4 Å². The number of ether oxygens (including phenoxy) is 2. The van der Waals surface area contributed by atoms with Crippen molar-refractivity contribution in [1.82, 2.24) is 25.1 Å². The maximum Gasteiger partial charge on any atom is 0.234 e. The molecule has 0 fully saturated rings. The third kappa shape index (κ3) is 2.95. The molecule has 1 aliphatic rings. The van der Waals surface area contributed by atoms with E-state index in [0.717, 1.165) is 27.0 Å². The van der Waals surface area contributed by atoms with Crippen molar-refractivity contribution in [2.24, 2.45) is 0 Å². The van der Waals surface area contributed by atoms with E-state index in [0.29, 0.717) is 19.4 Å². The Morgan fingerprint density at radius 2 is 2.26 bits per heavy atom. The normalized spacial score (nSPS) is 12.7. The summed E-state index contributed by atoms with van der Waals surface area (Å²) in [5.41, 5.74) is 0.974. The maximum atomic E-state index is 12.0. The average molecular weight is 331 g/mol. The van der Waals surface area contributed by atoms with Crippen molar-refractivity contribution < 1.29 is 14.3 Å². The zero-order valence-electron chi connectivity index (χ0n) is 12.1. The van der Waals surface area contributed by atoms with Crippen LogP contribution in [-0.2, 0) is 17.8 Å². The van der Waals surface area contributed by atoms with Crippen LogP contribution in [0, 0.1) is 0 Å². The van der Waals surface area contributed by atoms with Crippen LogP contribution in [-0.4, -0.2) is 32.5 Å². The van der Waals surface area contributed by atoms with Gasteiger partial charge in [-0.1, -0.05) is 17.4 Å². The molecule has 1 aliphatic heterocycles. The predicted molar refractivity (Wildman–Crippen MR) is 81.4 cm³/mol. The van der Waals surface area contributed by atoms with E-state index in [1.807, 2.05) is 18.2 Å². The molecule has 4 rings (SSSR count). The fraction of sp³-hybridized carbons (Fsp3) is 0.286. The Morgan fingerprint density at radius 1 is 1.35 bits per heavy atom. The number of hydrogen-bond acceptors (Lipinski definition) is 7. The first-order chi connectivity index (χ1) is 11.3. The lowest BCUT2D eigenvalue weighted by atomic mass is 10.2. The molecule has 118 valence electrons. The molecule has 0 bridgehead atoms. The van der Waals surface area contributed by atoms with E-state index in [1.165, 1.54) is 11.3 Å². The SMILES string of the molecule is O=C(CCc1nn2cnnc2s1)NCc1ccc2c(c1)OCO2. The highest BCUT2D eigenvalue weighted by atomic mass is 32.1. The first kappa shape index (κ1) is 13.9. The summed E-state index contributed by atoms with van der Waals surface area (Å²) in [7, 11) is 0. The molecule has 1 amide bonds. The molecule has 2 aromatic heterocycles. The predicted octanol–water partition coefficient (Wildman–Crippen LogP) is 1.16. The molecule has 0 saturated heterocycles. The highest BCUT2D eigenvalue weighted by molar-refractivity contribution is 7.16. The van der Waals surface area contributed by atoms with Crippen molar-refractivity contribution in [3.63, 3.8) is 0 Å². The molecule has 23 heavy (non-hydrogen) atoms. The average Bonchev–Trinajstić information content (AvgIpc) is 3.25. The molecule has 0 saturated carbocycles. The smallest absolute Gasteiger partial charge is 0.234 e. The number of aryl methyl sites for hydroxylation is 1. The number of rotatable bonds is 5. The van der Waals surface area contributed by atoms with E-state index in [1.54, 1.807) is 10.8 Å². The van der Waals surface area contributed by atoms with Gasteiger partial charge in [0.25, 0.3) is 0 Å². The van der Waals surface area contributed by atoms with E-state index >= 15 is 0 Å². The first-order valence-electron chi connectivity index (χ1n) is 7.09. The Kier molecular flexibility index (Phi) is 3.54. The van der Waals surface area contributed by atoms with Crippen LogP contribution in [0.1, 0.15) is 17.0 Å². The van der Waals surface area contributed by atoms with Gasteiger partial charge in [0.2, 0.25) is 17.7 Å². The number of carbonyl (C=O) groups excluding carboxylic acids is 1. The van der Waals surface area contributed by atoms with Gasteiger partial charge >= 0.3 is 0 Å². The number of benzene rings is 1. The molecule has 8 nitrogen and oxygen atoms in total. The lowest BCUT2D eigenvalue weighted by molar-refractivity contribution is -0.121. The Bertz CT molecular complexity index is 831. The van der Waals surface area contributed by atoms with Crippen LogP contribution in [0.4, 0.5) is 0 Å². The van der Waals surface area contributed by atoms with E-state index in [9.17, 15) is 4.79 Å². The Balaban J connectivity index is 1.29. The molecule has 0 aliphatic carbocycles. The van der Waals surface area contributed by atoms with Crippen LogP contribution in [0.2, 0.25) is 0 Å². The van der Waals surface area contributed by atoms with Gasteiger partial charge in [-0.3, -0.25) is 4.79 Å². The van der Waals surface area contributed by atoms with Gasteiger partial charge in [0, 0.05) is 19.4 Å². The topological polar surface area (TPSA) is 90.6 Å². The van der Waals surface area contributed by atoms with E-state index in [2.05, 4.69) is 20.6 Å². The van der Waals surface area contributed by atoms with Crippen LogP contribution < -0.4 is 14.8 Å². The van der Waals surface area contributed by atoms with Gasteiger partial charge in [-0.05, 0) is 17.7 Å². The number of hydrogen-bond donors (Lipinski definition) is 1. The molecule has 0 atom stereocenters. The quantitative estimate of drug-likeness (QED) is 0.754. The lowest BCUT2D eigenvalue weighted by Crippen LogP contribution is -2.22. The third-order valence-electron chi connectivity index (χ3n) is 3.42. The van der Waals surface area contributed by atoms with Crippen molar-refractivity contribution in [3.05, 3.63) is 35.1 Å². The van der Waals surface area contributed by atoms with E-state index < -0.39 is 0 Å². The summed E-state index contributed by atoms with van der Waals surface area (Å²) in [6.07, 6.45) is 2.52. The third-order valence-corrected chi connectivity index (χ3v) is 4.39. The van der Waals surface area contributed by atoms with Gasteiger partial charge in [-0.15, -0.1) is 10.2 Å². The van der Waals surface area contributed by atoms with Crippen LogP contribution >= 0.6 is 11.3 Å². The summed E-state index contributed by atoms with van der Waals surface area (Å²) in [6.45, 7) is 0.707. The van der Waals surface area contributed by atoms with Crippen molar-refractivity contribution in [1.29, 1.82) is 0 Å². The van der Waals surface area contributed by atoms with Crippen molar-refractivity contribution in [3.8, 4) is 11.5 Å². The van der Waals surface area contributed by atoms with E-state index in [-0.39, 0.29) is 12.7 Å². The molecule has 1 aromatic carbocycles. The molecule has 0 radical (unpaired) electrons. The largest absolute Gasteiger partial charge is 0.454 e. The van der Waals surface area contributed by atoms with Crippen molar-refractivity contribution in [2.75, 3.05) is 6.79 Å². The number of aromatic nitrogens is 4. The van der Waals surface area contributed by atoms with Gasteiger partial charge in [0.15, 0.2) is 11.5 Å². The number of fused-ring (bicyclic) bond motifs is 2. The van der Waals surface area contributed by atoms with Gasteiger partial charge in [0.1, 0.15) is 11.3 Å². The molecule has 3 heterocycles. The highest BCUT2D eigenvalue weighted by Crippen LogP contribution is 2.32. The fourth-order valence-electron chi connectivity index (χ4n) is 2.26. The second-order valence-corrected chi connectivity index (χ2v) is 6.06. The van der Waals surface area contributed by atoms with E-state index in [4.69, 9.17) is 9.47 Å². The summed E-state index contributed by atoms with van der Waals surface area (Å²) in [6, 6.07) is 5.64. The Hall–Kier alpha value is -2.68. The van der Waals surface area contributed by atoms with Crippen LogP contribution in [0.25, 0.3) is 4.96 Å². The molecule has 0 unspecified atom stereocenters. The second kappa shape index (κ2) is 5.84. The monoisotopic (exact) mass is 331 g/mol. The number of carbonyl (C=O) groups is 1. The van der Waals surface area contributed by atoms with Crippen LogP contribution in [0.3, 0.4) is 0 Å². The fourth-order valence-corrected chi connectivity index (χ4v) is 3.08. The summed E-state index contributed by atoms with van der Waals surface area (Å²) in [4.78, 5) is 12.7. The molecular formula is C14H13N5O3S. The summed E-state index contributed by atoms with van der Waals surface area (Å²) in [5, 5.41) is 15.7. The van der Waals surface area contributed by atoms with Crippen LogP contribution in [0.15, 0.2) is 24.5 Å². The van der Waals surface area contributed by atoms with Gasteiger partial charge in [-0.25, -0.2) is 0 Å². The minimum atomic E-state index is -0.0198. The number of nitrogens with zero attached hydrogens (tertiary/aromatic N) is 4.